The van der Waals surface area contributed by atoms with E-state index in [0.29, 0.717) is 25.9 Å². The monoisotopic (exact) mass is 414 g/mol. The normalized spacial score (nSPS) is 11.6. The van der Waals surface area contributed by atoms with Gasteiger partial charge in [-0.1, -0.05) is 62.7 Å². The molecule has 0 radical (unpaired) electrons. The Morgan fingerprint density at radius 2 is 1.77 bits per heavy atom. The van der Waals surface area contributed by atoms with Gasteiger partial charge in [-0.3, -0.25) is 9.59 Å². The molecule has 0 aliphatic carbocycles. The Morgan fingerprint density at radius 1 is 1.07 bits per heavy atom. The van der Waals surface area contributed by atoms with Gasteiger partial charge in [-0.15, -0.1) is 0 Å². The van der Waals surface area contributed by atoms with Gasteiger partial charge in [0.1, 0.15) is 6.04 Å². The van der Waals surface area contributed by atoms with Gasteiger partial charge in [0.05, 0.1) is 0 Å². The summed E-state index contributed by atoms with van der Waals surface area (Å²) in [4.78, 5) is 27.3. The van der Waals surface area contributed by atoms with E-state index in [0.717, 1.165) is 18.4 Å². The third kappa shape index (κ3) is 7.17. The van der Waals surface area contributed by atoms with E-state index < -0.39 is 11.9 Å². The SMILES string of the molecule is CCCCNC(=O)C(CC)N(CCc1ccccc1)C(=O)COc1ccccc1F. The molecule has 0 saturated carbocycles. The summed E-state index contributed by atoms with van der Waals surface area (Å²) < 4.78 is 19.2. The predicted molar refractivity (Wildman–Crippen MR) is 116 cm³/mol. The molecular weight excluding hydrogens is 383 g/mol. The largest absolute Gasteiger partial charge is 0.481 e. The van der Waals surface area contributed by atoms with E-state index in [2.05, 4.69) is 12.2 Å². The van der Waals surface area contributed by atoms with Crippen LogP contribution in [0.1, 0.15) is 38.7 Å². The van der Waals surface area contributed by atoms with E-state index >= 15 is 0 Å². The Bertz CT molecular complexity index is 798. The molecule has 0 bridgehead atoms. The van der Waals surface area contributed by atoms with Crippen LogP contribution in [0.25, 0.3) is 0 Å². The maximum absolute atomic E-state index is 13.8. The maximum atomic E-state index is 13.8. The van der Waals surface area contributed by atoms with E-state index in [1.165, 1.54) is 12.1 Å². The number of ether oxygens (including phenoxy) is 1. The summed E-state index contributed by atoms with van der Waals surface area (Å²) in [5.74, 6) is -1.01. The number of nitrogens with zero attached hydrogens (tertiary/aromatic N) is 1. The number of nitrogens with one attached hydrogen (secondary N) is 1. The Labute approximate surface area is 178 Å². The Kier molecular flexibility index (Phi) is 9.84. The van der Waals surface area contributed by atoms with Crippen LogP contribution in [0.5, 0.6) is 5.75 Å². The molecule has 2 rings (SSSR count). The maximum Gasteiger partial charge on any atom is 0.261 e. The lowest BCUT2D eigenvalue weighted by molar-refractivity contribution is -0.142. The highest BCUT2D eigenvalue weighted by Gasteiger charge is 2.28. The van der Waals surface area contributed by atoms with Crippen LogP contribution in [0.15, 0.2) is 54.6 Å². The first-order chi connectivity index (χ1) is 14.6. The minimum atomic E-state index is -0.595. The van der Waals surface area contributed by atoms with Crippen LogP contribution in [-0.2, 0) is 16.0 Å². The minimum absolute atomic E-state index is 0.0225. The molecule has 0 aliphatic heterocycles. The van der Waals surface area contributed by atoms with Gasteiger partial charge in [-0.05, 0) is 37.0 Å². The molecule has 2 aromatic rings. The predicted octanol–water partition coefficient (Wildman–Crippen LogP) is 3.97. The average molecular weight is 415 g/mol. The van der Waals surface area contributed by atoms with Crippen molar-refractivity contribution in [2.24, 2.45) is 0 Å². The molecule has 1 atom stereocenters. The summed E-state index contributed by atoms with van der Waals surface area (Å²) in [5.41, 5.74) is 1.08. The number of hydrogen-bond acceptors (Lipinski definition) is 3. The highest BCUT2D eigenvalue weighted by molar-refractivity contribution is 5.88. The molecular formula is C24H31FN2O3. The molecule has 30 heavy (non-hydrogen) atoms. The van der Waals surface area contributed by atoms with Gasteiger partial charge in [-0.2, -0.15) is 0 Å². The quantitative estimate of drug-likeness (QED) is 0.535. The molecule has 5 nitrogen and oxygen atoms in total. The standard InChI is InChI=1S/C24H31FN2O3/c1-3-5-16-26-24(29)21(4-2)27(17-15-19-11-7-6-8-12-19)23(28)18-30-22-14-10-9-13-20(22)25/h6-14,21H,3-5,15-18H2,1-2H3,(H,26,29). The van der Waals surface area contributed by atoms with E-state index in [-0.39, 0.29) is 24.2 Å². The highest BCUT2D eigenvalue weighted by atomic mass is 19.1. The Hall–Kier alpha value is -2.89. The van der Waals surface area contributed by atoms with Crippen LogP contribution in [-0.4, -0.2) is 42.5 Å². The first-order valence-electron chi connectivity index (χ1n) is 10.5. The van der Waals surface area contributed by atoms with Crippen molar-refractivity contribution in [2.75, 3.05) is 19.7 Å². The zero-order valence-electron chi connectivity index (χ0n) is 17.8. The van der Waals surface area contributed by atoms with Gasteiger partial charge in [0.15, 0.2) is 18.2 Å². The first-order valence-corrected chi connectivity index (χ1v) is 10.5. The van der Waals surface area contributed by atoms with Gasteiger partial charge in [0.25, 0.3) is 5.91 Å². The topological polar surface area (TPSA) is 58.6 Å². The second kappa shape index (κ2) is 12.6. The molecule has 6 heteroatoms. The van der Waals surface area contributed by atoms with Gasteiger partial charge in [0, 0.05) is 13.1 Å². The van der Waals surface area contributed by atoms with Crippen LogP contribution in [0.2, 0.25) is 0 Å². The van der Waals surface area contributed by atoms with Crippen molar-refractivity contribution >= 4 is 11.8 Å². The van der Waals surface area contributed by atoms with E-state index in [9.17, 15) is 14.0 Å². The van der Waals surface area contributed by atoms with Gasteiger partial charge in [0.2, 0.25) is 5.91 Å². The summed E-state index contributed by atoms with van der Waals surface area (Å²) in [7, 11) is 0. The molecule has 1 unspecified atom stereocenters. The Balaban J connectivity index is 2.10. The second-order valence-corrected chi connectivity index (χ2v) is 7.11. The molecule has 0 saturated heterocycles. The number of para-hydroxylation sites is 1. The van der Waals surface area contributed by atoms with Crippen LogP contribution >= 0.6 is 0 Å². The van der Waals surface area contributed by atoms with E-state index in [4.69, 9.17) is 4.74 Å². The fraction of sp³-hybridized carbons (Fsp3) is 0.417. The van der Waals surface area contributed by atoms with Gasteiger partial charge < -0.3 is 15.0 Å². The highest BCUT2D eigenvalue weighted by Crippen LogP contribution is 2.16. The number of hydrogen-bond donors (Lipinski definition) is 1. The summed E-state index contributed by atoms with van der Waals surface area (Å²) in [6, 6.07) is 15.2. The molecule has 1 N–H and O–H groups in total. The molecule has 0 fully saturated rings. The van der Waals surface area contributed by atoms with E-state index in [1.807, 2.05) is 37.3 Å². The van der Waals surface area contributed by atoms with Crippen LogP contribution in [0.3, 0.4) is 0 Å². The zero-order valence-corrected chi connectivity index (χ0v) is 17.8. The van der Waals surface area contributed by atoms with Crippen LogP contribution in [0, 0.1) is 5.82 Å². The third-order valence-electron chi connectivity index (χ3n) is 4.89. The number of amides is 2. The number of halogens is 1. The van der Waals surface area contributed by atoms with E-state index in [1.54, 1.807) is 17.0 Å². The number of benzene rings is 2. The molecule has 162 valence electrons. The summed E-state index contributed by atoms with van der Waals surface area (Å²) in [5, 5.41) is 2.92. The number of carbonyl (C=O) groups excluding carboxylic acids is 2. The fourth-order valence-corrected chi connectivity index (χ4v) is 3.19. The second-order valence-electron chi connectivity index (χ2n) is 7.11. The van der Waals surface area contributed by atoms with Gasteiger partial charge in [-0.25, -0.2) is 4.39 Å². The Morgan fingerprint density at radius 3 is 2.43 bits per heavy atom. The third-order valence-corrected chi connectivity index (χ3v) is 4.89. The van der Waals surface area contributed by atoms with Crippen molar-refractivity contribution in [3.63, 3.8) is 0 Å². The fourth-order valence-electron chi connectivity index (χ4n) is 3.19. The lowest BCUT2D eigenvalue weighted by Crippen LogP contribution is -2.51. The molecule has 0 aliphatic rings. The van der Waals surface area contributed by atoms with Crippen molar-refractivity contribution < 1.29 is 18.7 Å². The zero-order chi connectivity index (χ0) is 21.8. The molecule has 0 spiro atoms. The summed E-state index contributed by atoms with van der Waals surface area (Å²) in [6.45, 7) is 4.57. The first kappa shape index (κ1) is 23.4. The van der Waals surface area contributed by atoms with Crippen molar-refractivity contribution in [3.8, 4) is 5.75 Å². The lowest BCUT2D eigenvalue weighted by atomic mass is 10.1. The smallest absolute Gasteiger partial charge is 0.261 e. The molecule has 2 amide bonds. The van der Waals surface area contributed by atoms with Crippen molar-refractivity contribution in [3.05, 3.63) is 66.0 Å². The number of rotatable bonds is 12. The molecule has 0 aromatic heterocycles. The van der Waals surface area contributed by atoms with Crippen molar-refractivity contribution in [1.82, 2.24) is 10.2 Å². The summed E-state index contributed by atoms with van der Waals surface area (Å²) in [6.07, 6.45) is 2.96. The van der Waals surface area contributed by atoms with Crippen molar-refractivity contribution in [1.29, 1.82) is 0 Å². The average Bonchev–Trinajstić information content (AvgIpc) is 2.76. The lowest BCUT2D eigenvalue weighted by Gasteiger charge is -2.30. The molecule has 0 heterocycles. The summed E-state index contributed by atoms with van der Waals surface area (Å²) >= 11 is 0. The van der Waals surface area contributed by atoms with Gasteiger partial charge >= 0.3 is 0 Å². The minimum Gasteiger partial charge on any atom is -0.481 e. The number of carbonyl (C=O) groups is 2. The molecule has 2 aromatic carbocycles. The van der Waals surface area contributed by atoms with Crippen LogP contribution in [0.4, 0.5) is 4.39 Å². The van der Waals surface area contributed by atoms with Crippen molar-refractivity contribution in [2.45, 2.75) is 45.6 Å². The number of unbranched alkanes of at least 4 members (excludes halogenated alkanes) is 1. The van der Waals surface area contributed by atoms with Crippen LogP contribution < -0.4 is 10.1 Å².